The van der Waals surface area contributed by atoms with Crippen LogP contribution in [-0.2, 0) is 13.7 Å². The zero-order chi connectivity index (χ0) is 7.56. The summed E-state index contributed by atoms with van der Waals surface area (Å²) in [5, 5.41) is 13.8. The van der Waals surface area contributed by atoms with Crippen molar-refractivity contribution in [2.24, 2.45) is 7.05 Å². The Morgan fingerprint density at radius 3 is 2.80 bits per heavy atom. The minimum atomic E-state index is 0.0222. The van der Waals surface area contributed by atoms with Crippen molar-refractivity contribution in [3.8, 4) is 0 Å². The van der Waals surface area contributed by atoms with Crippen LogP contribution < -0.4 is 0 Å². The highest BCUT2D eigenvalue weighted by Gasteiger charge is 2.00. The molecule has 0 aliphatic heterocycles. The lowest BCUT2D eigenvalue weighted by Crippen LogP contribution is -1.92. The second-order valence-corrected chi connectivity index (χ2v) is 2.79. The standard InChI is InChI=1S/C6H10N2OS/c1-8-6(10-2)3-5(4-9)7-8/h3,9H,4H2,1-2H3. The van der Waals surface area contributed by atoms with Crippen molar-refractivity contribution in [3.05, 3.63) is 11.8 Å². The molecule has 0 aliphatic carbocycles. The Hall–Kier alpha value is -0.480. The van der Waals surface area contributed by atoms with Gasteiger partial charge in [0.25, 0.3) is 0 Å². The lowest BCUT2D eigenvalue weighted by Gasteiger charge is -1.92. The highest BCUT2D eigenvalue weighted by atomic mass is 32.2. The Labute approximate surface area is 64.1 Å². The average molecular weight is 158 g/mol. The van der Waals surface area contributed by atoms with Crippen LogP contribution in [0.1, 0.15) is 5.69 Å². The molecule has 4 heteroatoms. The predicted octanol–water partition coefficient (Wildman–Crippen LogP) is 0.634. The molecule has 0 unspecified atom stereocenters. The molecule has 0 saturated carbocycles. The van der Waals surface area contributed by atoms with E-state index in [2.05, 4.69) is 5.10 Å². The van der Waals surface area contributed by atoms with E-state index >= 15 is 0 Å². The van der Waals surface area contributed by atoms with Crippen LogP contribution in [0.15, 0.2) is 11.1 Å². The van der Waals surface area contributed by atoms with E-state index in [4.69, 9.17) is 5.11 Å². The topological polar surface area (TPSA) is 38.1 Å². The summed E-state index contributed by atoms with van der Waals surface area (Å²) >= 11 is 1.62. The first-order valence-electron chi connectivity index (χ1n) is 2.95. The molecule has 1 aromatic heterocycles. The van der Waals surface area contributed by atoms with Gasteiger partial charge in [-0.25, -0.2) is 0 Å². The molecule has 0 aromatic carbocycles. The second kappa shape index (κ2) is 3.07. The van der Waals surface area contributed by atoms with Crippen molar-refractivity contribution >= 4 is 11.8 Å². The van der Waals surface area contributed by atoms with Gasteiger partial charge in [-0.05, 0) is 12.3 Å². The van der Waals surface area contributed by atoms with Gasteiger partial charge in [0.2, 0.25) is 0 Å². The van der Waals surface area contributed by atoms with Crippen LogP contribution in [0.5, 0.6) is 0 Å². The van der Waals surface area contributed by atoms with Gasteiger partial charge in [0.1, 0.15) is 0 Å². The van der Waals surface area contributed by atoms with Gasteiger partial charge >= 0.3 is 0 Å². The first kappa shape index (κ1) is 7.63. The molecule has 0 saturated heterocycles. The lowest BCUT2D eigenvalue weighted by atomic mass is 10.5. The number of aliphatic hydroxyl groups is 1. The molecule has 0 spiro atoms. The van der Waals surface area contributed by atoms with E-state index in [-0.39, 0.29) is 6.61 Å². The monoisotopic (exact) mass is 158 g/mol. The van der Waals surface area contributed by atoms with Crippen molar-refractivity contribution in [1.29, 1.82) is 0 Å². The number of thioether (sulfide) groups is 1. The Kier molecular flexibility index (Phi) is 2.34. The zero-order valence-corrected chi connectivity index (χ0v) is 6.85. The molecular weight excluding hydrogens is 148 g/mol. The number of rotatable bonds is 2. The molecule has 1 N–H and O–H groups in total. The summed E-state index contributed by atoms with van der Waals surface area (Å²) in [6, 6.07) is 1.88. The summed E-state index contributed by atoms with van der Waals surface area (Å²) in [6.07, 6.45) is 1.98. The number of aryl methyl sites for hydroxylation is 1. The maximum atomic E-state index is 8.69. The molecule has 0 amide bonds. The zero-order valence-electron chi connectivity index (χ0n) is 6.03. The van der Waals surface area contributed by atoms with E-state index < -0.39 is 0 Å². The molecule has 3 nitrogen and oxygen atoms in total. The summed E-state index contributed by atoms with van der Waals surface area (Å²) in [5.74, 6) is 0. The Morgan fingerprint density at radius 2 is 2.50 bits per heavy atom. The van der Waals surface area contributed by atoms with E-state index in [1.807, 2.05) is 19.4 Å². The fraction of sp³-hybridized carbons (Fsp3) is 0.500. The normalized spacial score (nSPS) is 10.3. The SMILES string of the molecule is CSc1cc(CO)nn1C. The Morgan fingerprint density at radius 1 is 1.80 bits per heavy atom. The van der Waals surface area contributed by atoms with Gasteiger partial charge in [-0.15, -0.1) is 11.8 Å². The molecule has 1 aromatic rings. The van der Waals surface area contributed by atoms with Crippen molar-refractivity contribution in [2.45, 2.75) is 11.6 Å². The fourth-order valence-corrected chi connectivity index (χ4v) is 1.33. The summed E-state index contributed by atoms with van der Waals surface area (Å²) < 4.78 is 1.76. The third kappa shape index (κ3) is 1.33. The van der Waals surface area contributed by atoms with Crippen molar-refractivity contribution in [2.75, 3.05) is 6.26 Å². The highest BCUT2D eigenvalue weighted by Crippen LogP contribution is 2.14. The number of aromatic nitrogens is 2. The molecule has 1 rings (SSSR count). The summed E-state index contributed by atoms with van der Waals surface area (Å²) in [4.78, 5) is 0. The molecule has 0 atom stereocenters. The van der Waals surface area contributed by atoms with E-state index in [0.29, 0.717) is 0 Å². The van der Waals surface area contributed by atoms with Gasteiger partial charge < -0.3 is 5.11 Å². The third-order valence-electron chi connectivity index (χ3n) is 1.26. The van der Waals surface area contributed by atoms with Crippen LogP contribution in [0.2, 0.25) is 0 Å². The van der Waals surface area contributed by atoms with Crippen molar-refractivity contribution in [3.63, 3.8) is 0 Å². The third-order valence-corrected chi connectivity index (χ3v) is 2.06. The molecule has 0 fully saturated rings. The van der Waals surface area contributed by atoms with Crippen LogP contribution in [0, 0.1) is 0 Å². The number of aliphatic hydroxyl groups excluding tert-OH is 1. The van der Waals surface area contributed by atoms with E-state index in [0.717, 1.165) is 10.7 Å². The van der Waals surface area contributed by atoms with Gasteiger partial charge in [0.05, 0.1) is 17.3 Å². The molecule has 10 heavy (non-hydrogen) atoms. The van der Waals surface area contributed by atoms with Crippen molar-refractivity contribution in [1.82, 2.24) is 9.78 Å². The first-order chi connectivity index (χ1) is 4.77. The van der Waals surface area contributed by atoms with Crippen LogP contribution in [0.4, 0.5) is 0 Å². The van der Waals surface area contributed by atoms with Gasteiger partial charge in [-0.3, -0.25) is 4.68 Å². The largest absolute Gasteiger partial charge is 0.390 e. The first-order valence-corrected chi connectivity index (χ1v) is 4.18. The molecule has 0 radical (unpaired) electrons. The molecule has 1 heterocycles. The quantitative estimate of drug-likeness (QED) is 0.642. The maximum absolute atomic E-state index is 8.69. The van der Waals surface area contributed by atoms with Crippen LogP contribution in [0.3, 0.4) is 0 Å². The minimum absolute atomic E-state index is 0.0222. The lowest BCUT2D eigenvalue weighted by molar-refractivity contribution is 0.275. The minimum Gasteiger partial charge on any atom is -0.390 e. The summed E-state index contributed by atoms with van der Waals surface area (Å²) in [5.41, 5.74) is 0.729. The van der Waals surface area contributed by atoms with Gasteiger partial charge in [-0.2, -0.15) is 5.10 Å². The van der Waals surface area contributed by atoms with E-state index in [1.54, 1.807) is 16.4 Å². The van der Waals surface area contributed by atoms with Crippen molar-refractivity contribution < 1.29 is 5.11 Å². The van der Waals surface area contributed by atoms with Crippen LogP contribution in [-0.4, -0.2) is 21.1 Å². The Balaban J connectivity index is 2.92. The maximum Gasteiger partial charge on any atom is 0.0937 e. The van der Waals surface area contributed by atoms with Gasteiger partial charge in [0.15, 0.2) is 0 Å². The molecule has 0 aliphatic rings. The van der Waals surface area contributed by atoms with E-state index in [9.17, 15) is 0 Å². The average Bonchev–Trinajstić information content (AvgIpc) is 2.30. The highest BCUT2D eigenvalue weighted by molar-refractivity contribution is 7.98. The number of nitrogens with zero attached hydrogens (tertiary/aromatic N) is 2. The molecular formula is C6H10N2OS. The number of hydrogen-bond acceptors (Lipinski definition) is 3. The predicted molar refractivity (Wildman–Crippen MR) is 40.9 cm³/mol. The van der Waals surface area contributed by atoms with Crippen LogP contribution in [0.25, 0.3) is 0 Å². The van der Waals surface area contributed by atoms with E-state index in [1.165, 1.54) is 0 Å². The fourth-order valence-electron chi connectivity index (χ4n) is 0.775. The van der Waals surface area contributed by atoms with Gasteiger partial charge in [0, 0.05) is 7.05 Å². The second-order valence-electron chi connectivity index (χ2n) is 1.96. The Bertz CT molecular complexity index is 222. The summed E-state index contributed by atoms with van der Waals surface area (Å²) in [6.45, 7) is 0.0222. The van der Waals surface area contributed by atoms with Crippen LogP contribution >= 0.6 is 11.8 Å². The molecule has 0 bridgehead atoms. The smallest absolute Gasteiger partial charge is 0.0937 e. The van der Waals surface area contributed by atoms with Gasteiger partial charge in [-0.1, -0.05) is 0 Å². The summed E-state index contributed by atoms with van der Waals surface area (Å²) in [7, 11) is 1.87. The molecule has 56 valence electrons. The number of hydrogen-bond donors (Lipinski definition) is 1.